The zero-order chi connectivity index (χ0) is 19.2. The number of nitrogens with zero attached hydrogens (tertiary/aromatic N) is 1. The standard InChI is InChI=1S/C21H29N3O3/c1-15-14-18(15)20(26)22-11-10-19(25)23-17-8-6-16(7-9-17)21(27)24-12-4-2-3-5-13-24/h6-9,15,18H,2-5,10-14H2,1H3,(H,22,26)(H,23,25)/t15-,18+/m0/s1. The third kappa shape index (κ3) is 5.55. The molecule has 1 saturated heterocycles. The van der Waals surface area contributed by atoms with Gasteiger partial charge in [-0.1, -0.05) is 19.8 Å². The Bertz CT molecular complexity index is 678. The number of carbonyl (C=O) groups excluding carboxylic acids is 3. The van der Waals surface area contributed by atoms with Crippen molar-refractivity contribution < 1.29 is 14.4 Å². The summed E-state index contributed by atoms with van der Waals surface area (Å²) in [5.74, 6) is 0.556. The highest BCUT2D eigenvalue weighted by atomic mass is 16.2. The minimum atomic E-state index is -0.147. The Kier molecular flexibility index (Phi) is 6.48. The van der Waals surface area contributed by atoms with Crippen LogP contribution >= 0.6 is 0 Å². The van der Waals surface area contributed by atoms with Crippen LogP contribution in [0.15, 0.2) is 24.3 Å². The summed E-state index contributed by atoms with van der Waals surface area (Å²) < 4.78 is 0. The molecule has 6 nitrogen and oxygen atoms in total. The molecule has 2 atom stereocenters. The third-order valence-corrected chi connectivity index (χ3v) is 5.41. The van der Waals surface area contributed by atoms with Crippen LogP contribution in [-0.4, -0.2) is 42.3 Å². The number of amides is 3. The van der Waals surface area contributed by atoms with Crippen LogP contribution in [0.1, 0.15) is 55.8 Å². The number of anilines is 1. The highest BCUT2D eigenvalue weighted by Crippen LogP contribution is 2.37. The molecule has 0 bridgehead atoms. The first-order chi connectivity index (χ1) is 13.0. The SMILES string of the molecule is C[C@H]1C[C@H]1C(=O)NCCC(=O)Nc1ccc(C(=O)N2CCCCCC2)cc1. The first kappa shape index (κ1) is 19.4. The van der Waals surface area contributed by atoms with Gasteiger partial charge in [0.2, 0.25) is 11.8 Å². The molecule has 27 heavy (non-hydrogen) atoms. The monoisotopic (exact) mass is 371 g/mol. The zero-order valence-corrected chi connectivity index (χ0v) is 16.0. The molecule has 0 aromatic heterocycles. The van der Waals surface area contributed by atoms with E-state index in [2.05, 4.69) is 17.6 Å². The summed E-state index contributed by atoms with van der Waals surface area (Å²) in [6.07, 6.45) is 5.69. The van der Waals surface area contributed by atoms with Crippen LogP contribution in [0.5, 0.6) is 0 Å². The Morgan fingerprint density at radius 2 is 1.67 bits per heavy atom. The van der Waals surface area contributed by atoms with Gasteiger partial charge in [-0.25, -0.2) is 0 Å². The average molecular weight is 371 g/mol. The van der Waals surface area contributed by atoms with Gasteiger partial charge < -0.3 is 15.5 Å². The Hall–Kier alpha value is -2.37. The molecule has 146 valence electrons. The quantitative estimate of drug-likeness (QED) is 0.807. The first-order valence-corrected chi connectivity index (χ1v) is 10.0. The maximum Gasteiger partial charge on any atom is 0.253 e. The molecule has 0 radical (unpaired) electrons. The molecule has 1 saturated carbocycles. The lowest BCUT2D eigenvalue weighted by Crippen LogP contribution is -2.31. The van der Waals surface area contributed by atoms with E-state index in [0.717, 1.165) is 32.4 Å². The maximum atomic E-state index is 12.6. The highest BCUT2D eigenvalue weighted by Gasteiger charge is 2.38. The minimum absolute atomic E-state index is 0.0479. The number of hydrogen-bond donors (Lipinski definition) is 2. The Morgan fingerprint density at radius 1 is 1.04 bits per heavy atom. The number of rotatable bonds is 6. The van der Waals surface area contributed by atoms with E-state index < -0.39 is 0 Å². The Labute approximate surface area is 160 Å². The van der Waals surface area contributed by atoms with Crippen molar-refractivity contribution in [3.8, 4) is 0 Å². The van der Waals surface area contributed by atoms with E-state index in [0.29, 0.717) is 23.7 Å². The molecule has 1 aliphatic carbocycles. The molecule has 3 amide bonds. The largest absolute Gasteiger partial charge is 0.355 e. The lowest BCUT2D eigenvalue weighted by atomic mass is 10.1. The second-order valence-electron chi connectivity index (χ2n) is 7.69. The molecule has 2 aliphatic rings. The van der Waals surface area contributed by atoms with Crippen molar-refractivity contribution in [1.29, 1.82) is 0 Å². The van der Waals surface area contributed by atoms with E-state index in [-0.39, 0.29) is 30.1 Å². The van der Waals surface area contributed by atoms with E-state index in [1.54, 1.807) is 24.3 Å². The van der Waals surface area contributed by atoms with Crippen LogP contribution in [0.3, 0.4) is 0 Å². The molecule has 0 unspecified atom stereocenters. The summed E-state index contributed by atoms with van der Waals surface area (Å²) in [7, 11) is 0. The summed E-state index contributed by atoms with van der Waals surface area (Å²) in [4.78, 5) is 38.2. The van der Waals surface area contributed by atoms with E-state index >= 15 is 0 Å². The van der Waals surface area contributed by atoms with Gasteiger partial charge in [0.1, 0.15) is 0 Å². The third-order valence-electron chi connectivity index (χ3n) is 5.41. The number of hydrogen-bond acceptors (Lipinski definition) is 3. The molecule has 1 aliphatic heterocycles. The van der Waals surface area contributed by atoms with Gasteiger partial charge >= 0.3 is 0 Å². The molecule has 1 aromatic rings. The van der Waals surface area contributed by atoms with Gasteiger partial charge in [0.05, 0.1) is 0 Å². The fourth-order valence-electron chi connectivity index (χ4n) is 3.49. The van der Waals surface area contributed by atoms with Crippen molar-refractivity contribution >= 4 is 23.4 Å². The molecule has 3 rings (SSSR count). The number of nitrogens with one attached hydrogen (secondary N) is 2. The number of likely N-dealkylation sites (tertiary alicyclic amines) is 1. The van der Waals surface area contributed by atoms with Gasteiger partial charge in [0.25, 0.3) is 5.91 Å². The van der Waals surface area contributed by atoms with Crippen molar-refractivity contribution in [2.45, 2.75) is 45.4 Å². The van der Waals surface area contributed by atoms with Crippen LogP contribution < -0.4 is 10.6 Å². The van der Waals surface area contributed by atoms with E-state index in [1.807, 2.05) is 4.90 Å². The summed E-state index contributed by atoms with van der Waals surface area (Å²) in [5, 5.41) is 5.62. The van der Waals surface area contributed by atoms with E-state index in [4.69, 9.17) is 0 Å². The van der Waals surface area contributed by atoms with Gasteiger partial charge in [-0.3, -0.25) is 14.4 Å². The normalized spacial score (nSPS) is 21.9. The van der Waals surface area contributed by atoms with E-state index in [9.17, 15) is 14.4 Å². The van der Waals surface area contributed by atoms with Crippen molar-refractivity contribution in [2.24, 2.45) is 11.8 Å². The second-order valence-corrected chi connectivity index (χ2v) is 7.69. The van der Waals surface area contributed by atoms with Crippen LogP contribution in [0.2, 0.25) is 0 Å². The number of benzene rings is 1. The number of carbonyl (C=O) groups is 3. The lowest BCUT2D eigenvalue weighted by Gasteiger charge is -2.20. The summed E-state index contributed by atoms with van der Waals surface area (Å²) in [5.41, 5.74) is 1.32. The average Bonchev–Trinajstić information content (AvgIpc) is 3.44. The minimum Gasteiger partial charge on any atom is -0.355 e. The van der Waals surface area contributed by atoms with Crippen molar-refractivity contribution in [3.63, 3.8) is 0 Å². The molecule has 1 heterocycles. The van der Waals surface area contributed by atoms with Gasteiger partial charge in [0, 0.05) is 43.2 Å². The molecule has 2 N–H and O–H groups in total. The first-order valence-electron chi connectivity index (χ1n) is 10.0. The Balaban J connectivity index is 1.43. The summed E-state index contributed by atoms with van der Waals surface area (Å²) >= 11 is 0. The predicted octanol–water partition coefficient (Wildman–Crippen LogP) is 2.80. The summed E-state index contributed by atoms with van der Waals surface area (Å²) in [6.45, 7) is 4.04. The molecule has 6 heteroatoms. The summed E-state index contributed by atoms with van der Waals surface area (Å²) in [6, 6.07) is 7.04. The van der Waals surface area contributed by atoms with Crippen LogP contribution in [0.25, 0.3) is 0 Å². The fraction of sp³-hybridized carbons (Fsp3) is 0.571. The maximum absolute atomic E-state index is 12.6. The molecule has 2 fully saturated rings. The van der Waals surface area contributed by atoms with Crippen LogP contribution in [-0.2, 0) is 9.59 Å². The lowest BCUT2D eigenvalue weighted by molar-refractivity contribution is -0.122. The molecular weight excluding hydrogens is 342 g/mol. The van der Waals surface area contributed by atoms with Crippen molar-refractivity contribution in [3.05, 3.63) is 29.8 Å². The van der Waals surface area contributed by atoms with Crippen LogP contribution in [0, 0.1) is 11.8 Å². The predicted molar refractivity (Wildman–Crippen MR) is 104 cm³/mol. The zero-order valence-electron chi connectivity index (χ0n) is 16.0. The topological polar surface area (TPSA) is 78.5 Å². The fourth-order valence-corrected chi connectivity index (χ4v) is 3.49. The van der Waals surface area contributed by atoms with Crippen LogP contribution in [0.4, 0.5) is 5.69 Å². The molecular formula is C21H29N3O3. The van der Waals surface area contributed by atoms with Gasteiger partial charge in [-0.2, -0.15) is 0 Å². The van der Waals surface area contributed by atoms with Gasteiger partial charge in [-0.05, 0) is 49.4 Å². The van der Waals surface area contributed by atoms with E-state index in [1.165, 1.54) is 12.8 Å². The smallest absolute Gasteiger partial charge is 0.253 e. The van der Waals surface area contributed by atoms with Crippen molar-refractivity contribution in [1.82, 2.24) is 10.2 Å². The van der Waals surface area contributed by atoms with Gasteiger partial charge in [-0.15, -0.1) is 0 Å². The molecule has 0 spiro atoms. The highest BCUT2D eigenvalue weighted by molar-refractivity contribution is 5.96. The second kappa shape index (κ2) is 9.02. The molecule has 1 aromatic carbocycles. The van der Waals surface area contributed by atoms with Gasteiger partial charge in [0.15, 0.2) is 0 Å². The Morgan fingerprint density at radius 3 is 2.26 bits per heavy atom. The van der Waals surface area contributed by atoms with Crippen molar-refractivity contribution in [2.75, 3.05) is 25.0 Å².